The third-order valence-corrected chi connectivity index (χ3v) is 4.31. The van der Waals surface area contributed by atoms with Gasteiger partial charge in [-0.15, -0.1) is 0 Å². The third kappa shape index (κ3) is 2.57. The second-order valence-electron chi connectivity index (χ2n) is 4.89. The first-order valence-corrected chi connectivity index (χ1v) is 7.24. The lowest BCUT2D eigenvalue weighted by atomic mass is 10.2. The lowest BCUT2D eigenvalue weighted by molar-refractivity contribution is -0.384. The van der Waals surface area contributed by atoms with Crippen LogP contribution in [0.4, 0.5) is 5.69 Å². The third-order valence-electron chi connectivity index (χ3n) is 3.35. The Morgan fingerprint density at radius 2 is 1.95 bits per heavy atom. The molecule has 106 valence electrons. The summed E-state index contributed by atoms with van der Waals surface area (Å²) >= 11 is 1.44. The summed E-state index contributed by atoms with van der Waals surface area (Å²) in [4.78, 5) is 10.7. The molecular weight excluding hydrogens is 286 g/mol. The van der Waals surface area contributed by atoms with Crippen LogP contribution in [0.15, 0.2) is 42.5 Å². The van der Waals surface area contributed by atoms with E-state index >= 15 is 0 Å². The number of thiazole rings is 1. The van der Waals surface area contributed by atoms with Crippen LogP contribution in [-0.2, 0) is 6.54 Å². The number of nitro groups is 1. The summed E-state index contributed by atoms with van der Waals surface area (Å²) in [5, 5.41) is 18.8. The predicted molar refractivity (Wildman–Crippen MR) is 82.6 cm³/mol. The van der Waals surface area contributed by atoms with Gasteiger partial charge in [0.15, 0.2) is 4.80 Å². The molecule has 0 aliphatic rings. The Labute approximate surface area is 124 Å². The maximum atomic E-state index is 10.7. The molecule has 0 bridgehead atoms. The summed E-state index contributed by atoms with van der Waals surface area (Å²) < 4.78 is 3.00. The molecule has 0 radical (unpaired) electrons. The van der Waals surface area contributed by atoms with Gasteiger partial charge in [-0.1, -0.05) is 29.5 Å². The number of nitrogens with zero attached hydrogens (tertiary/aromatic N) is 2. The Morgan fingerprint density at radius 1 is 1.24 bits per heavy atom. The maximum absolute atomic E-state index is 10.7. The second kappa shape index (κ2) is 5.14. The van der Waals surface area contributed by atoms with Crippen molar-refractivity contribution in [1.29, 1.82) is 5.41 Å². The van der Waals surface area contributed by atoms with Crippen LogP contribution in [-0.4, -0.2) is 9.49 Å². The van der Waals surface area contributed by atoms with Crippen molar-refractivity contribution in [3.8, 4) is 0 Å². The molecule has 6 heteroatoms. The number of non-ortho nitro benzene ring substituents is 1. The average molecular weight is 299 g/mol. The predicted octanol–water partition coefficient (Wildman–Crippen LogP) is 3.45. The van der Waals surface area contributed by atoms with Gasteiger partial charge in [0, 0.05) is 12.1 Å². The second-order valence-corrected chi connectivity index (χ2v) is 5.92. The maximum Gasteiger partial charge on any atom is 0.269 e. The minimum atomic E-state index is -0.407. The summed E-state index contributed by atoms with van der Waals surface area (Å²) in [7, 11) is 0. The van der Waals surface area contributed by atoms with Crippen LogP contribution in [0.2, 0.25) is 0 Å². The zero-order valence-electron chi connectivity index (χ0n) is 11.4. The molecule has 1 N–H and O–H groups in total. The van der Waals surface area contributed by atoms with Gasteiger partial charge < -0.3 is 4.57 Å². The van der Waals surface area contributed by atoms with Crippen molar-refractivity contribution in [2.75, 3.05) is 0 Å². The molecule has 0 fully saturated rings. The standard InChI is InChI=1S/C15H13N3O2S/c1-10-2-7-13-14(8-10)21-15(16)17(13)9-11-3-5-12(6-4-11)18(19)20/h2-8,16H,9H2,1H3. The molecule has 0 amide bonds. The minimum Gasteiger partial charge on any atom is -0.312 e. The van der Waals surface area contributed by atoms with E-state index < -0.39 is 4.92 Å². The van der Waals surface area contributed by atoms with E-state index in [9.17, 15) is 10.1 Å². The fraction of sp³-hybridized carbons (Fsp3) is 0.133. The van der Waals surface area contributed by atoms with E-state index in [4.69, 9.17) is 5.41 Å². The molecule has 5 nitrogen and oxygen atoms in total. The van der Waals surface area contributed by atoms with Crippen molar-refractivity contribution in [3.05, 3.63) is 68.5 Å². The number of benzene rings is 2. The van der Waals surface area contributed by atoms with Crippen molar-refractivity contribution >= 4 is 27.2 Å². The summed E-state index contributed by atoms with van der Waals surface area (Å²) in [5.41, 5.74) is 3.22. The molecule has 0 aliphatic heterocycles. The Balaban J connectivity index is 1.99. The van der Waals surface area contributed by atoms with Crippen molar-refractivity contribution in [3.63, 3.8) is 0 Å². The Kier molecular flexibility index (Phi) is 3.31. The zero-order chi connectivity index (χ0) is 15.0. The van der Waals surface area contributed by atoms with Gasteiger partial charge >= 0.3 is 0 Å². The topological polar surface area (TPSA) is 71.9 Å². The number of hydrogen-bond acceptors (Lipinski definition) is 4. The fourth-order valence-corrected chi connectivity index (χ4v) is 3.27. The van der Waals surface area contributed by atoms with Gasteiger partial charge in [0.05, 0.1) is 21.7 Å². The Bertz CT molecular complexity index is 878. The van der Waals surface area contributed by atoms with E-state index in [0.29, 0.717) is 11.3 Å². The smallest absolute Gasteiger partial charge is 0.269 e. The largest absolute Gasteiger partial charge is 0.312 e. The molecule has 21 heavy (non-hydrogen) atoms. The summed E-state index contributed by atoms with van der Waals surface area (Å²) in [6.07, 6.45) is 0. The van der Waals surface area contributed by atoms with Crippen molar-refractivity contribution < 1.29 is 4.92 Å². The number of nitro benzene ring substituents is 1. The highest BCUT2D eigenvalue weighted by atomic mass is 32.1. The number of fused-ring (bicyclic) bond motifs is 1. The zero-order valence-corrected chi connectivity index (χ0v) is 12.2. The van der Waals surface area contributed by atoms with Crippen LogP contribution < -0.4 is 4.80 Å². The van der Waals surface area contributed by atoms with Gasteiger partial charge in [0.2, 0.25) is 0 Å². The van der Waals surface area contributed by atoms with E-state index in [2.05, 4.69) is 6.07 Å². The summed E-state index contributed by atoms with van der Waals surface area (Å²) in [5.74, 6) is 0. The van der Waals surface area contributed by atoms with Gasteiger partial charge in [0.25, 0.3) is 5.69 Å². The molecule has 0 saturated carbocycles. The molecule has 0 unspecified atom stereocenters. The van der Waals surface area contributed by atoms with Crippen LogP contribution in [0.1, 0.15) is 11.1 Å². The number of rotatable bonds is 3. The van der Waals surface area contributed by atoms with Crippen molar-refractivity contribution in [1.82, 2.24) is 4.57 Å². The molecule has 1 heterocycles. The monoisotopic (exact) mass is 299 g/mol. The highest BCUT2D eigenvalue weighted by molar-refractivity contribution is 7.16. The number of nitrogens with one attached hydrogen (secondary N) is 1. The van der Waals surface area contributed by atoms with Crippen LogP contribution >= 0.6 is 11.3 Å². The molecule has 0 saturated heterocycles. The van der Waals surface area contributed by atoms with E-state index in [0.717, 1.165) is 15.8 Å². The van der Waals surface area contributed by atoms with E-state index in [1.165, 1.54) is 29.0 Å². The molecule has 0 atom stereocenters. The minimum absolute atomic E-state index is 0.0839. The lowest BCUT2D eigenvalue weighted by Crippen LogP contribution is -2.13. The van der Waals surface area contributed by atoms with Crippen molar-refractivity contribution in [2.45, 2.75) is 13.5 Å². The highest BCUT2D eigenvalue weighted by Gasteiger charge is 2.08. The normalized spacial score (nSPS) is 10.9. The molecule has 3 rings (SSSR count). The quantitative estimate of drug-likeness (QED) is 0.594. The van der Waals surface area contributed by atoms with Crippen LogP contribution in [0.5, 0.6) is 0 Å². The molecule has 0 spiro atoms. The Morgan fingerprint density at radius 3 is 2.62 bits per heavy atom. The highest BCUT2D eigenvalue weighted by Crippen LogP contribution is 2.20. The summed E-state index contributed by atoms with van der Waals surface area (Å²) in [6.45, 7) is 2.57. The molecule has 0 aliphatic carbocycles. The van der Waals surface area contributed by atoms with Gasteiger partial charge in [-0.2, -0.15) is 0 Å². The van der Waals surface area contributed by atoms with E-state index in [-0.39, 0.29) is 5.69 Å². The van der Waals surface area contributed by atoms with Crippen LogP contribution in [0, 0.1) is 22.4 Å². The van der Waals surface area contributed by atoms with Gasteiger partial charge in [-0.25, -0.2) is 0 Å². The van der Waals surface area contributed by atoms with E-state index in [1.807, 2.05) is 23.6 Å². The molecular formula is C15H13N3O2S. The van der Waals surface area contributed by atoms with Crippen molar-refractivity contribution in [2.24, 2.45) is 0 Å². The summed E-state index contributed by atoms with van der Waals surface area (Å²) in [6, 6.07) is 12.6. The SMILES string of the molecule is Cc1ccc2c(c1)sc(=N)n2Cc1ccc([N+](=O)[O-])cc1. The first-order valence-electron chi connectivity index (χ1n) is 6.42. The average Bonchev–Trinajstić information content (AvgIpc) is 2.75. The first kappa shape index (κ1) is 13.5. The molecule has 1 aromatic heterocycles. The number of aryl methyl sites for hydroxylation is 1. The number of hydrogen-bond donors (Lipinski definition) is 1. The van der Waals surface area contributed by atoms with Gasteiger partial charge in [-0.05, 0) is 30.2 Å². The Hall–Kier alpha value is -2.47. The van der Waals surface area contributed by atoms with E-state index in [1.54, 1.807) is 12.1 Å². The molecule has 2 aromatic carbocycles. The molecule has 3 aromatic rings. The van der Waals surface area contributed by atoms with Gasteiger partial charge in [0.1, 0.15) is 0 Å². The van der Waals surface area contributed by atoms with Crippen LogP contribution in [0.3, 0.4) is 0 Å². The van der Waals surface area contributed by atoms with Gasteiger partial charge in [-0.3, -0.25) is 15.5 Å². The number of aromatic nitrogens is 1. The fourth-order valence-electron chi connectivity index (χ4n) is 2.26. The first-order chi connectivity index (χ1) is 10.0. The van der Waals surface area contributed by atoms with Crippen LogP contribution in [0.25, 0.3) is 10.2 Å². The lowest BCUT2D eigenvalue weighted by Gasteiger charge is -2.05.